The Balaban J connectivity index is 1.53. The van der Waals surface area contributed by atoms with Gasteiger partial charge in [0.05, 0.1) is 6.20 Å². The lowest BCUT2D eigenvalue weighted by Gasteiger charge is -2.35. The van der Waals surface area contributed by atoms with Crippen LogP contribution in [0.5, 0.6) is 0 Å². The highest BCUT2D eigenvalue weighted by Gasteiger charge is 2.31. The molecule has 2 unspecified atom stereocenters. The minimum atomic E-state index is 0.549. The molecule has 0 bridgehead atoms. The van der Waals surface area contributed by atoms with Gasteiger partial charge in [0.2, 0.25) is 0 Å². The second-order valence-corrected chi connectivity index (χ2v) is 5.63. The number of hydrogen-bond donors (Lipinski definition) is 1. The number of fused-ring (bicyclic) bond motifs is 2. The van der Waals surface area contributed by atoms with Crippen molar-refractivity contribution in [1.29, 1.82) is 0 Å². The van der Waals surface area contributed by atoms with E-state index in [0.29, 0.717) is 6.04 Å². The van der Waals surface area contributed by atoms with Gasteiger partial charge in [-0.05, 0) is 38.3 Å². The number of rotatable bonds is 2. The molecular weight excluding hydrogens is 238 g/mol. The topological polar surface area (TPSA) is 45.5 Å². The summed E-state index contributed by atoms with van der Waals surface area (Å²) < 4.78 is 1.88. The maximum atomic E-state index is 4.47. The van der Waals surface area contributed by atoms with Crippen molar-refractivity contribution in [3.05, 3.63) is 24.7 Å². The Labute approximate surface area is 112 Å². The fourth-order valence-corrected chi connectivity index (χ4v) is 3.52. The summed E-state index contributed by atoms with van der Waals surface area (Å²) in [5.74, 6) is 0.969. The van der Waals surface area contributed by atoms with E-state index in [9.17, 15) is 0 Å². The summed E-state index contributed by atoms with van der Waals surface area (Å²) in [4.78, 5) is 7.12. The SMILES string of the molecule is c1cn2nccc2c(NC2CCN3CCCC3C2)n1. The van der Waals surface area contributed by atoms with Crippen molar-refractivity contribution in [1.82, 2.24) is 19.5 Å². The molecule has 5 heteroatoms. The van der Waals surface area contributed by atoms with Crippen LogP contribution in [0.3, 0.4) is 0 Å². The first-order chi connectivity index (χ1) is 9.40. The van der Waals surface area contributed by atoms with Gasteiger partial charge in [0.1, 0.15) is 5.52 Å². The average Bonchev–Trinajstić information content (AvgIpc) is 3.06. The van der Waals surface area contributed by atoms with Gasteiger partial charge in [0, 0.05) is 31.0 Å². The van der Waals surface area contributed by atoms with E-state index in [-0.39, 0.29) is 0 Å². The third kappa shape index (κ3) is 1.98. The van der Waals surface area contributed by atoms with Crippen molar-refractivity contribution in [2.75, 3.05) is 18.4 Å². The van der Waals surface area contributed by atoms with Crippen LogP contribution in [-0.2, 0) is 0 Å². The largest absolute Gasteiger partial charge is 0.365 e. The van der Waals surface area contributed by atoms with Crippen LogP contribution in [0.25, 0.3) is 5.52 Å². The molecule has 0 aromatic carbocycles. The first kappa shape index (κ1) is 11.2. The van der Waals surface area contributed by atoms with Crippen molar-refractivity contribution in [3.63, 3.8) is 0 Å². The van der Waals surface area contributed by atoms with E-state index in [4.69, 9.17) is 0 Å². The molecule has 2 saturated heterocycles. The molecule has 2 atom stereocenters. The Morgan fingerprint density at radius 3 is 3.21 bits per heavy atom. The Morgan fingerprint density at radius 1 is 1.21 bits per heavy atom. The van der Waals surface area contributed by atoms with E-state index in [1.807, 2.05) is 29.2 Å². The third-order valence-electron chi connectivity index (χ3n) is 4.49. The Hall–Kier alpha value is -1.62. The van der Waals surface area contributed by atoms with Crippen molar-refractivity contribution >= 4 is 11.3 Å². The van der Waals surface area contributed by atoms with Gasteiger partial charge < -0.3 is 10.2 Å². The van der Waals surface area contributed by atoms with Gasteiger partial charge in [-0.3, -0.25) is 0 Å². The summed E-state index contributed by atoms with van der Waals surface area (Å²) in [6.07, 6.45) is 10.7. The second-order valence-electron chi connectivity index (χ2n) is 5.63. The molecule has 100 valence electrons. The van der Waals surface area contributed by atoms with E-state index >= 15 is 0 Å². The molecule has 1 N–H and O–H groups in total. The highest BCUT2D eigenvalue weighted by atomic mass is 15.2. The van der Waals surface area contributed by atoms with Crippen molar-refractivity contribution in [2.24, 2.45) is 0 Å². The van der Waals surface area contributed by atoms with Crippen LogP contribution in [0.2, 0.25) is 0 Å². The summed E-state index contributed by atoms with van der Waals surface area (Å²) in [7, 11) is 0. The Morgan fingerprint density at radius 2 is 2.21 bits per heavy atom. The summed E-state index contributed by atoms with van der Waals surface area (Å²) in [5, 5.41) is 7.88. The monoisotopic (exact) mass is 257 g/mol. The zero-order chi connectivity index (χ0) is 12.7. The lowest BCUT2D eigenvalue weighted by molar-refractivity contribution is 0.188. The van der Waals surface area contributed by atoms with Crippen LogP contribution >= 0.6 is 0 Å². The first-order valence-corrected chi connectivity index (χ1v) is 7.19. The number of aromatic nitrogens is 3. The normalized spacial score (nSPS) is 27.6. The minimum absolute atomic E-state index is 0.549. The lowest BCUT2D eigenvalue weighted by Crippen LogP contribution is -2.42. The zero-order valence-corrected chi connectivity index (χ0v) is 11.0. The van der Waals surface area contributed by atoms with Gasteiger partial charge in [-0.15, -0.1) is 0 Å². The summed E-state index contributed by atoms with van der Waals surface area (Å²) in [5.41, 5.74) is 1.07. The third-order valence-corrected chi connectivity index (χ3v) is 4.49. The van der Waals surface area contributed by atoms with Crippen molar-refractivity contribution in [2.45, 2.75) is 37.8 Å². The summed E-state index contributed by atoms with van der Waals surface area (Å²) >= 11 is 0. The van der Waals surface area contributed by atoms with Crippen molar-refractivity contribution < 1.29 is 0 Å². The number of piperidine rings is 1. The summed E-state index contributed by atoms with van der Waals surface area (Å²) in [6.45, 7) is 2.53. The smallest absolute Gasteiger partial charge is 0.152 e. The van der Waals surface area contributed by atoms with Gasteiger partial charge in [-0.1, -0.05) is 0 Å². The van der Waals surface area contributed by atoms with Gasteiger partial charge in [-0.2, -0.15) is 5.10 Å². The summed E-state index contributed by atoms with van der Waals surface area (Å²) in [6, 6.07) is 3.35. The second kappa shape index (κ2) is 4.49. The van der Waals surface area contributed by atoms with Crippen LogP contribution in [0.1, 0.15) is 25.7 Å². The minimum Gasteiger partial charge on any atom is -0.365 e. The molecule has 19 heavy (non-hydrogen) atoms. The van der Waals surface area contributed by atoms with Gasteiger partial charge >= 0.3 is 0 Å². The predicted octanol–water partition coefficient (Wildman–Crippen LogP) is 1.77. The Kier molecular flexibility index (Phi) is 2.65. The molecule has 2 fully saturated rings. The maximum Gasteiger partial charge on any atom is 0.152 e. The van der Waals surface area contributed by atoms with E-state index in [2.05, 4.69) is 20.3 Å². The number of anilines is 1. The molecule has 4 rings (SSSR count). The molecule has 2 aromatic heterocycles. The number of hydrogen-bond acceptors (Lipinski definition) is 4. The molecule has 0 aliphatic carbocycles. The van der Waals surface area contributed by atoms with Crippen LogP contribution in [0.4, 0.5) is 5.82 Å². The predicted molar refractivity (Wildman–Crippen MR) is 74.2 cm³/mol. The first-order valence-electron chi connectivity index (χ1n) is 7.19. The molecule has 2 aliphatic heterocycles. The van der Waals surface area contributed by atoms with Gasteiger partial charge in [0.15, 0.2) is 5.82 Å². The molecule has 5 nitrogen and oxygen atoms in total. The van der Waals surface area contributed by atoms with Crippen LogP contribution in [0, 0.1) is 0 Å². The van der Waals surface area contributed by atoms with Crippen molar-refractivity contribution in [3.8, 4) is 0 Å². The van der Waals surface area contributed by atoms with Crippen LogP contribution in [-0.4, -0.2) is 44.7 Å². The van der Waals surface area contributed by atoms with Gasteiger partial charge in [0.25, 0.3) is 0 Å². The Bertz CT molecular complexity index is 578. The van der Waals surface area contributed by atoms with E-state index in [0.717, 1.165) is 17.4 Å². The molecule has 0 saturated carbocycles. The molecule has 4 heterocycles. The van der Waals surface area contributed by atoms with E-state index < -0.39 is 0 Å². The maximum absolute atomic E-state index is 4.47. The lowest BCUT2D eigenvalue weighted by atomic mass is 9.97. The zero-order valence-electron chi connectivity index (χ0n) is 11.0. The molecular formula is C14H19N5. The fraction of sp³-hybridized carbons (Fsp3) is 0.571. The van der Waals surface area contributed by atoms with Crippen LogP contribution < -0.4 is 5.32 Å². The number of nitrogens with zero attached hydrogens (tertiary/aromatic N) is 4. The molecule has 2 aliphatic rings. The molecule has 0 amide bonds. The number of nitrogens with one attached hydrogen (secondary N) is 1. The standard InChI is InChI=1S/C14H19N5/c1-2-12-10-11(4-8-18(12)7-1)17-14-13-3-5-16-19(13)9-6-15-14/h3,5-6,9,11-12H,1-2,4,7-8,10H2,(H,15,17). The highest BCUT2D eigenvalue weighted by molar-refractivity contribution is 5.67. The quantitative estimate of drug-likeness (QED) is 0.890. The van der Waals surface area contributed by atoms with Gasteiger partial charge in [-0.25, -0.2) is 9.50 Å². The molecule has 0 spiro atoms. The molecule has 0 radical (unpaired) electrons. The average molecular weight is 257 g/mol. The molecule has 2 aromatic rings. The fourth-order valence-electron chi connectivity index (χ4n) is 3.52. The van der Waals surface area contributed by atoms with E-state index in [1.54, 1.807) is 0 Å². The highest BCUT2D eigenvalue weighted by Crippen LogP contribution is 2.28. The van der Waals surface area contributed by atoms with Crippen LogP contribution in [0.15, 0.2) is 24.7 Å². The van der Waals surface area contributed by atoms with E-state index in [1.165, 1.54) is 38.8 Å².